The maximum atomic E-state index is 5.83. The largest absolute Gasteiger partial charge is 0.361 e. The molecule has 0 spiro atoms. The Morgan fingerprint density at radius 3 is 2.70 bits per heavy atom. The SMILES string of the molecule is S=C(NCCn1cc(Br)cn1)NCc1ccc(Cl)cc1. The summed E-state index contributed by atoms with van der Waals surface area (Å²) in [7, 11) is 0. The van der Waals surface area contributed by atoms with Crippen molar-refractivity contribution in [2.24, 2.45) is 0 Å². The van der Waals surface area contributed by atoms with E-state index < -0.39 is 0 Å². The topological polar surface area (TPSA) is 41.9 Å². The Hall–Kier alpha value is -1.11. The molecule has 0 radical (unpaired) electrons. The van der Waals surface area contributed by atoms with E-state index in [2.05, 4.69) is 31.7 Å². The average molecular weight is 374 g/mol. The Morgan fingerprint density at radius 1 is 1.30 bits per heavy atom. The highest BCUT2D eigenvalue weighted by molar-refractivity contribution is 9.10. The van der Waals surface area contributed by atoms with E-state index in [0.29, 0.717) is 11.7 Å². The smallest absolute Gasteiger partial charge is 0.166 e. The number of halogens is 2. The van der Waals surface area contributed by atoms with Gasteiger partial charge < -0.3 is 10.6 Å². The van der Waals surface area contributed by atoms with Gasteiger partial charge in [0.15, 0.2) is 5.11 Å². The molecule has 0 unspecified atom stereocenters. The van der Waals surface area contributed by atoms with E-state index in [1.54, 1.807) is 6.20 Å². The van der Waals surface area contributed by atoms with Gasteiger partial charge in [-0.25, -0.2) is 0 Å². The van der Waals surface area contributed by atoms with Crippen molar-refractivity contribution in [2.75, 3.05) is 6.54 Å². The van der Waals surface area contributed by atoms with Crippen molar-refractivity contribution in [3.8, 4) is 0 Å². The molecule has 7 heteroatoms. The normalized spacial score (nSPS) is 10.3. The maximum absolute atomic E-state index is 5.83. The van der Waals surface area contributed by atoms with E-state index in [4.69, 9.17) is 23.8 Å². The number of nitrogens with zero attached hydrogens (tertiary/aromatic N) is 2. The molecule has 1 heterocycles. The summed E-state index contributed by atoms with van der Waals surface area (Å²) in [6.07, 6.45) is 3.68. The second kappa shape index (κ2) is 7.61. The van der Waals surface area contributed by atoms with Gasteiger partial charge in [0.1, 0.15) is 0 Å². The number of nitrogens with one attached hydrogen (secondary N) is 2. The minimum Gasteiger partial charge on any atom is -0.361 e. The van der Waals surface area contributed by atoms with Gasteiger partial charge in [0.2, 0.25) is 0 Å². The van der Waals surface area contributed by atoms with E-state index in [1.807, 2.05) is 35.1 Å². The molecular weight excluding hydrogens is 360 g/mol. The quantitative estimate of drug-likeness (QED) is 0.791. The highest BCUT2D eigenvalue weighted by atomic mass is 79.9. The van der Waals surface area contributed by atoms with Crippen molar-refractivity contribution in [2.45, 2.75) is 13.1 Å². The fourth-order valence-electron chi connectivity index (χ4n) is 1.59. The van der Waals surface area contributed by atoms with Crippen LogP contribution < -0.4 is 10.6 Å². The molecule has 0 aliphatic rings. The summed E-state index contributed by atoms with van der Waals surface area (Å²) in [5.41, 5.74) is 1.13. The summed E-state index contributed by atoms with van der Waals surface area (Å²) in [4.78, 5) is 0. The lowest BCUT2D eigenvalue weighted by atomic mass is 10.2. The number of benzene rings is 1. The van der Waals surface area contributed by atoms with Crippen LogP contribution in [0, 0.1) is 0 Å². The van der Waals surface area contributed by atoms with Crippen LogP contribution in [-0.4, -0.2) is 21.4 Å². The summed E-state index contributed by atoms with van der Waals surface area (Å²) in [5, 5.41) is 11.8. The Bertz CT molecular complexity index is 570. The molecule has 2 N–H and O–H groups in total. The third-order valence-corrected chi connectivity index (χ3v) is 3.54. The summed E-state index contributed by atoms with van der Waals surface area (Å²) in [6, 6.07) is 7.67. The Labute approximate surface area is 136 Å². The van der Waals surface area contributed by atoms with Gasteiger partial charge in [0.05, 0.1) is 17.2 Å². The second-order valence-electron chi connectivity index (χ2n) is 4.16. The van der Waals surface area contributed by atoms with E-state index in [0.717, 1.165) is 28.1 Å². The monoisotopic (exact) mass is 372 g/mol. The zero-order valence-corrected chi connectivity index (χ0v) is 13.8. The van der Waals surface area contributed by atoms with Gasteiger partial charge in [-0.2, -0.15) is 5.10 Å². The zero-order valence-electron chi connectivity index (χ0n) is 10.6. The third kappa shape index (κ3) is 5.11. The molecule has 0 amide bonds. The van der Waals surface area contributed by atoms with E-state index in [1.165, 1.54) is 0 Å². The summed E-state index contributed by atoms with van der Waals surface area (Å²) in [6.45, 7) is 2.16. The van der Waals surface area contributed by atoms with Crippen LogP contribution in [0.3, 0.4) is 0 Å². The van der Waals surface area contributed by atoms with Crippen molar-refractivity contribution >= 4 is 44.9 Å². The summed E-state index contributed by atoms with van der Waals surface area (Å²) in [5.74, 6) is 0. The standard InChI is InChI=1S/C13H14BrClN4S/c14-11-8-18-19(9-11)6-5-16-13(20)17-7-10-1-3-12(15)4-2-10/h1-4,8-9H,5-7H2,(H2,16,17,20). The lowest BCUT2D eigenvalue weighted by Crippen LogP contribution is -2.36. The van der Waals surface area contributed by atoms with Crippen molar-refractivity contribution in [1.82, 2.24) is 20.4 Å². The summed E-state index contributed by atoms with van der Waals surface area (Å²) < 4.78 is 2.82. The first-order chi connectivity index (χ1) is 9.63. The first kappa shape index (κ1) is 15.3. The molecule has 106 valence electrons. The third-order valence-electron chi connectivity index (χ3n) is 2.59. The number of hydrogen-bond donors (Lipinski definition) is 2. The van der Waals surface area contributed by atoms with Gasteiger partial charge in [-0.3, -0.25) is 4.68 Å². The molecule has 1 aromatic heterocycles. The molecular formula is C13H14BrClN4S. The molecule has 0 aliphatic carbocycles. The van der Waals surface area contributed by atoms with Crippen LogP contribution >= 0.6 is 39.7 Å². The molecule has 0 bridgehead atoms. The van der Waals surface area contributed by atoms with Gasteiger partial charge in [0, 0.05) is 24.3 Å². The Balaban J connectivity index is 1.66. The van der Waals surface area contributed by atoms with E-state index >= 15 is 0 Å². The van der Waals surface area contributed by atoms with Crippen LogP contribution in [0.2, 0.25) is 5.02 Å². The van der Waals surface area contributed by atoms with Crippen LogP contribution in [0.25, 0.3) is 0 Å². The molecule has 0 fully saturated rings. The minimum atomic E-state index is 0.631. The van der Waals surface area contributed by atoms with E-state index in [-0.39, 0.29) is 0 Å². The van der Waals surface area contributed by atoms with Crippen LogP contribution in [0.4, 0.5) is 0 Å². The first-order valence-electron chi connectivity index (χ1n) is 6.07. The zero-order chi connectivity index (χ0) is 14.4. The molecule has 0 saturated carbocycles. The average Bonchev–Trinajstić information content (AvgIpc) is 2.84. The van der Waals surface area contributed by atoms with Crippen molar-refractivity contribution in [1.29, 1.82) is 0 Å². The number of thiocarbonyl (C=S) groups is 1. The number of rotatable bonds is 5. The fourth-order valence-corrected chi connectivity index (χ4v) is 2.22. The van der Waals surface area contributed by atoms with Crippen LogP contribution in [0.15, 0.2) is 41.1 Å². The first-order valence-corrected chi connectivity index (χ1v) is 7.65. The molecule has 2 rings (SSSR count). The molecule has 1 aromatic carbocycles. The molecule has 4 nitrogen and oxygen atoms in total. The summed E-state index contributed by atoms with van der Waals surface area (Å²) >= 11 is 14.4. The lowest BCUT2D eigenvalue weighted by Gasteiger charge is -2.10. The lowest BCUT2D eigenvalue weighted by molar-refractivity contribution is 0.600. The van der Waals surface area contributed by atoms with Crippen molar-refractivity contribution in [3.05, 3.63) is 51.7 Å². The number of hydrogen-bond acceptors (Lipinski definition) is 2. The van der Waals surface area contributed by atoms with E-state index in [9.17, 15) is 0 Å². The van der Waals surface area contributed by atoms with Gasteiger partial charge in [-0.15, -0.1) is 0 Å². The van der Waals surface area contributed by atoms with Crippen LogP contribution in [0.5, 0.6) is 0 Å². The van der Waals surface area contributed by atoms with Crippen molar-refractivity contribution in [3.63, 3.8) is 0 Å². The highest BCUT2D eigenvalue weighted by Gasteiger charge is 1.98. The molecule has 0 aliphatic heterocycles. The Kier molecular flexibility index (Phi) is 5.82. The molecule has 20 heavy (non-hydrogen) atoms. The van der Waals surface area contributed by atoms with Gasteiger partial charge in [-0.05, 0) is 45.8 Å². The van der Waals surface area contributed by atoms with Gasteiger partial charge in [0.25, 0.3) is 0 Å². The van der Waals surface area contributed by atoms with Crippen LogP contribution in [-0.2, 0) is 13.1 Å². The Morgan fingerprint density at radius 2 is 2.05 bits per heavy atom. The minimum absolute atomic E-state index is 0.631. The van der Waals surface area contributed by atoms with Crippen molar-refractivity contribution < 1.29 is 0 Å². The van der Waals surface area contributed by atoms with Gasteiger partial charge in [-0.1, -0.05) is 23.7 Å². The molecule has 0 atom stereocenters. The maximum Gasteiger partial charge on any atom is 0.166 e. The van der Waals surface area contributed by atoms with Crippen LogP contribution in [0.1, 0.15) is 5.56 Å². The molecule has 0 saturated heterocycles. The van der Waals surface area contributed by atoms with Gasteiger partial charge >= 0.3 is 0 Å². The fraction of sp³-hybridized carbons (Fsp3) is 0.231. The second-order valence-corrected chi connectivity index (χ2v) is 5.92. The predicted octanol–water partition coefficient (Wildman–Crippen LogP) is 2.96. The number of aromatic nitrogens is 2. The highest BCUT2D eigenvalue weighted by Crippen LogP contribution is 2.09. The predicted molar refractivity (Wildman–Crippen MR) is 88.8 cm³/mol. The molecule has 2 aromatic rings.